The molecule has 2 aromatic rings. The van der Waals surface area contributed by atoms with Crippen molar-refractivity contribution in [3.05, 3.63) is 58.1 Å². The molecule has 22 heavy (non-hydrogen) atoms. The molecule has 0 saturated heterocycles. The molecular formula is C17H18Cl2N2S. The van der Waals surface area contributed by atoms with E-state index in [1.807, 2.05) is 18.2 Å². The van der Waals surface area contributed by atoms with Gasteiger partial charge in [-0.05, 0) is 60.5 Å². The molecule has 1 unspecified atom stereocenters. The van der Waals surface area contributed by atoms with Crippen molar-refractivity contribution in [2.24, 2.45) is 0 Å². The van der Waals surface area contributed by atoms with Crippen molar-refractivity contribution in [2.45, 2.75) is 26.2 Å². The number of hydrogen-bond donors (Lipinski definition) is 2. The maximum atomic E-state index is 5.98. The predicted molar refractivity (Wildman–Crippen MR) is 101 cm³/mol. The summed E-state index contributed by atoms with van der Waals surface area (Å²) < 4.78 is 0. The van der Waals surface area contributed by atoms with Crippen LogP contribution < -0.4 is 10.6 Å². The summed E-state index contributed by atoms with van der Waals surface area (Å²) in [6.07, 6.45) is 1.13. The first-order chi connectivity index (χ1) is 10.5. The summed E-state index contributed by atoms with van der Waals surface area (Å²) in [5, 5.41) is 7.76. The van der Waals surface area contributed by atoms with E-state index in [1.165, 1.54) is 5.56 Å². The van der Waals surface area contributed by atoms with Gasteiger partial charge in [0.1, 0.15) is 0 Å². The van der Waals surface area contributed by atoms with Crippen LogP contribution >= 0.6 is 35.4 Å². The van der Waals surface area contributed by atoms with E-state index < -0.39 is 0 Å². The van der Waals surface area contributed by atoms with Crippen LogP contribution in [0.2, 0.25) is 10.0 Å². The molecule has 0 heterocycles. The van der Waals surface area contributed by atoms with Gasteiger partial charge in [-0.1, -0.05) is 49.2 Å². The van der Waals surface area contributed by atoms with Crippen LogP contribution in [0, 0.1) is 0 Å². The lowest BCUT2D eigenvalue weighted by Gasteiger charge is -2.13. The van der Waals surface area contributed by atoms with Gasteiger partial charge in [0.25, 0.3) is 0 Å². The van der Waals surface area contributed by atoms with Crippen molar-refractivity contribution in [3.63, 3.8) is 0 Å². The van der Waals surface area contributed by atoms with Crippen LogP contribution in [0.4, 0.5) is 11.4 Å². The van der Waals surface area contributed by atoms with E-state index in [-0.39, 0.29) is 0 Å². The van der Waals surface area contributed by atoms with Crippen LogP contribution in [0.3, 0.4) is 0 Å². The topological polar surface area (TPSA) is 24.1 Å². The molecule has 2 rings (SSSR count). The number of halogens is 2. The Bertz CT molecular complexity index is 656. The second-order valence-corrected chi connectivity index (χ2v) is 6.36. The Balaban J connectivity index is 1.98. The molecule has 0 radical (unpaired) electrons. The number of rotatable bonds is 4. The van der Waals surface area contributed by atoms with Crippen molar-refractivity contribution in [3.8, 4) is 0 Å². The molecule has 0 amide bonds. The average molecular weight is 353 g/mol. The zero-order valence-corrected chi connectivity index (χ0v) is 14.8. The molecule has 0 bridgehead atoms. The highest BCUT2D eigenvalue weighted by Gasteiger charge is 2.04. The lowest BCUT2D eigenvalue weighted by atomic mass is 9.99. The largest absolute Gasteiger partial charge is 0.332 e. The Kier molecular flexibility index (Phi) is 6.07. The van der Waals surface area contributed by atoms with Crippen molar-refractivity contribution < 1.29 is 0 Å². The maximum Gasteiger partial charge on any atom is 0.175 e. The molecule has 2 nitrogen and oxygen atoms in total. The van der Waals surface area contributed by atoms with Gasteiger partial charge in [-0.25, -0.2) is 0 Å². The lowest BCUT2D eigenvalue weighted by Crippen LogP contribution is -2.19. The number of anilines is 2. The van der Waals surface area contributed by atoms with Crippen LogP contribution in [0.1, 0.15) is 31.7 Å². The van der Waals surface area contributed by atoms with Crippen LogP contribution in [0.25, 0.3) is 0 Å². The standard InChI is InChI=1S/C17H18Cl2N2S/c1-3-11(2)12-4-6-13(7-5-12)20-17(22)21-14-8-9-15(18)16(19)10-14/h4-11H,3H2,1-2H3,(H2,20,21,22). The molecule has 0 aliphatic carbocycles. The van der Waals surface area contributed by atoms with Crippen molar-refractivity contribution in [1.82, 2.24) is 0 Å². The van der Waals surface area contributed by atoms with Gasteiger partial charge in [0, 0.05) is 11.4 Å². The summed E-state index contributed by atoms with van der Waals surface area (Å²) in [6, 6.07) is 13.6. The Morgan fingerprint density at radius 3 is 2.18 bits per heavy atom. The summed E-state index contributed by atoms with van der Waals surface area (Å²) in [5.74, 6) is 0.565. The Morgan fingerprint density at radius 2 is 1.59 bits per heavy atom. The fourth-order valence-electron chi connectivity index (χ4n) is 2.00. The zero-order chi connectivity index (χ0) is 16.1. The first-order valence-corrected chi connectivity index (χ1v) is 8.29. The fraction of sp³-hybridized carbons (Fsp3) is 0.235. The van der Waals surface area contributed by atoms with E-state index in [4.69, 9.17) is 35.4 Å². The summed E-state index contributed by atoms with van der Waals surface area (Å²) in [4.78, 5) is 0. The van der Waals surface area contributed by atoms with Crippen molar-refractivity contribution in [1.29, 1.82) is 0 Å². The minimum atomic E-state index is 0.493. The Morgan fingerprint density at radius 1 is 1.00 bits per heavy atom. The smallest absolute Gasteiger partial charge is 0.175 e. The van der Waals surface area contributed by atoms with Gasteiger partial charge in [0.2, 0.25) is 0 Å². The molecular weight excluding hydrogens is 335 g/mol. The lowest BCUT2D eigenvalue weighted by molar-refractivity contribution is 0.734. The first kappa shape index (κ1) is 17.1. The number of benzene rings is 2. The first-order valence-electron chi connectivity index (χ1n) is 7.12. The van der Waals surface area contributed by atoms with E-state index in [0.717, 1.165) is 17.8 Å². The SMILES string of the molecule is CCC(C)c1ccc(NC(=S)Nc2ccc(Cl)c(Cl)c2)cc1. The second-order valence-electron chi connectivity index (χ2n) is 5.14. The maximum absolute atomic E-state index is 5.98. The van der Waals surface area contributed by atoms with Gasteiger partial charge in [0.15, 0.2) is 5.11 Å². The molecule has 0 aromatic heterocycles. The zero-order valence-electron chi connectivity index (χ0n) is 12.5. The quantitative estimate of drug-likeness (QED) is 0.629. The monoisotopic (exact) mass is 352 g/mol. The molecule has 0 saturated carbocycles. The normalized spacial score (nSPS) is 11.8. The van der Waals surface area contributed by atoms with Gasteiger partial charge in [-0.2, -0.15) is 0 Å². The minimum Gasteiger partial charge on any atom is -0.332 e. The second kappa shape index (κ2) is 7.82. The highest BCUT2D eigenvalue weighted by atomic mass is 35.5. The number of nitrogens with one attached hydrogen (secondary N) is 2. The molecule has 116 valence electrons. The van der Waals surface area contributed by atoms with E-state index >= 15 is 0 Å². The fourth-order valence-corrected chi connectivity index (χ4v) is 2.53. The molecule has 0 spiro atoms. The molecule has 2 N–H and O–H groups in total. The third-order valence-corrected chi connectivity index (χ3v) is 4.47. The minimum absolute atomic E-state index is 0.493. The number of hydrogen-bond acceptors (Lipinski definition) is 1. The highest BCUT2D eigenvalue weighted by molar-refractivity contribution is 7.80. The molecule has 5 heteroatoms. The van der Waals surface area contributed by atoms with Gasteiger partial charge in [-0.3, -0.25) is 0 Å². The van der Waals surface area contributed by atoms with Gasteiger partial charge < -0.3 is 10.6 Å². The Labute approximate surface area is 146 Å². The third-order valence-electron chi connectivity index (χ3n) is 3.53. The summed E-state index contributed by atoms with van der Waals surface area (Å²) in [7, 11) is 0. The van der Waals surface area contributed by atoms with E-state index in [1.54, 1.807) is 12.1 Å². The number of thiocarbonyl (C=S) groups is 1. The van der Waals surface area contributed by atoms with E-state index in [9.17, 15) is 0 Å². The van der Waals surface area contributed by atoms with Crippen LogP contribution in [-0.2, 0) is 0 Å². The van der Waals surface area contributed by atoms with E-state index in [2.05, 4.69) is 36.6 Å². The van der Waals surface area contributed by atoms with Gasteiger partial charge in [-0.15, -0.1) is 0 Å². The predicted octanol–water partition coefficient (Wildman–Crippen LogP) is 6.32. The van der Waals surface area contributed by atoms with Gasteiger partial charge >= 0.3 is 0 Å². The summed E-state index contributed by atoms with van der Waals surface area (Å²) in [6.45, 7) is 4.41. The Hall–Kier alpha value is -1.29. The molecule has 0 aliphatic heterocycles. The highest BCUT2D eigenvalue weighted by Crippen LogP contribution is 2.25. The molecule has 1 atom stereocenters. The summed E-state index contributed by atoms with van der Waals surface area (Å²) >= 11 is 17.2. The molecule has 0 fully saturated rings. The van der Waals surface area contributed by atoms with Crippen molar-refractivity contribution in [2.75, 3.05) is 10.6 Å². The third kappa shape index (κ3) is 4.60. The average Bonchev–Trinajstić information content (AvgIpc) is 2.51. The molecule has 0 aliphatic rings. The van der Waals surface area contributed by atoms with Crippen LogP contribution in [0.5, 0.6) is 0 Å². The molecule has 2 aromatic carbocycles. The van der Waals surface area contributed by atoms with Gasteiger partial charge in [0.05, 0.1) is 10.0 Å². The van der Waals surface area contributed by atoms with Crippen molar-refractivity contribution >= 4 is 51.9 Å². The van der Waals surface area contributed by atoms with Crippen LogP contribution in [0.15, 0.2) is 42.5 Å². The summed E-state index contributed by atoms with van der Waals surface area (Å²) in [5.41, 5.74) is 3.07. The van der Waals surface area contributed by atoms with E-state index in [0.29, 0.717) is 21.1 Å². The van der Waals surface area contributed by atoms with Crippen LogP contribution in [-0.4, -0.2) is 5.11 Å².